The molecule has 4 nitrogen and oxygen atoms in total. The lowest BCUT2D eigenvalue weighted by Crippen LogP contribution is -2.15. The van der Waals surface area contributed by atoms with Gasteiger partial charge in [0.05, 0.1) is 23.7 Å². The zero-order valence-corrected chi connectivity index (χ0v) is 12.5. The summed E-state index contributed by atoms with van der Waals surface area (Å²) in [6.45, 7) is 1.96. The third kappa shape index (κ3) is 5.16. The highest BCUT2D eigenvalue weighted by atomic mass is 79.9. The van der Waals surface area contributed by atoms with Crippen LogP contribution in [0.25, 0.3) is 0 Å². The van der Waals surface area contributed by atoms with E-state index in [2.05, 4.69) is 21.2 Å². The fourth-order valence-corrected chi connectivity index (χ4v) is 2.21. The molecule has 0 atom stereocenters. The lowest BCUT2D eigenvalue weighted by Gasteiger charge is -2.09. The summed E-state index contributed by atoms with van der Waals surface area (Å²) in [5.74, 6) is -1.36. The third-order valence-corrected chi connectivity index (χ3v) is 3.06. The van der Waals surface area contributed by atoms with Crippen molar-refractivity contribution in [2.45, 2.75) is 19.8 Å². The van der Waals surface area contributed by atoms with Crippen molar-refractivity contribution in [1.82, 2.24) is 0 Å². The molecule has 0 radical (unpaired) electrons. The summed E-state index contributed by atoms with van der Waals surface area (Å²) in [5.41, 5.74) is 0.275. The summed E-state index contributed by atoms with van der Waals surface area (Å²) in [6.07, 6.45) is -0.0465. The monoisotopic (exact) mass is 351 g/mol. The first kappa shape index (κ1) is 15.9. The van der Waals surface area contributed by atoms with E-state index >= 15 is 0 Å². The SMILES string of the molecule is CCOC(=O)CCC(=O)Nc1c(Cl)cc(F)cc1Br. The van der Waals surface area contributed by atoms with Crippen LogP contribution in [-0.4, -0.2) is 18.5 Å². The number of carbonyl (C=O) groups is 2. The average Bonchev–Trinajstić information content (AvgIpc) is 2.31. The molecule has 0 heterocycles. The topological polar surface area (TPSA) is 55.4 Å². The molecule has 1 rings (SSSR count). The molecule has 1 aromatic carbocycles. The van der Waals surface area contributed by atoms with Gasteiger partial charge in [-0.3, -0.25) is 9.59 Å². The van der Waals surface area contributed by atoms with Crippen molar-refractivity contribution in [1.29, 1.82) is 0 Å². The number of nitrogens with one attached hydrogen (secondary N) is 1. The van der Waals surface area contributed by atoms with Gasteiger partial charge in [-0.1, -0.05) is 11.6 Å². The molecule has 7 heteroatoms. The van der Waals surface area contributed by atoms with Gasteiger partial charge in [-0.25, -0.2) is 4.39 Å². The Bertz CT molecular complexity index is 473. The van der Waals surface area contributed by atoms with E-state index in [9.17, 15) is 14.0 Å². The molecule has 19 heavy (non-hydrogen) atoms. The number of hydrogen-bond acceptors (Lipinski definition) is 3. The van der Waals surface area contributed by atoms with Gasteiger partial charge in [0.15, 0.2) is 0 Å². The highest BCUT2D eigenvalue weighted by Crippen LogP contribution is 2.31. The Labute approximate surface area is 123 Å². The van der Waals surface area contributed by atoms with Crippen molar-refractivity contribution >= 4 is 45.1 Å². The maximum Gasteiger partial charge on any atom is 0.306 e. The number of ether oxygens (including phenoxy) is 1. The molecule has 1 N–H and O–H groups in total. The van der Waals surface area contributed by atoms with Crippen molar-refractivity contribution in [3.63, 3.8) is 0 Å². The molecule has 0 aliphatic rings. The summed E-state index contributed by atoms with van der Waals surface area (Å²) in [4.78, 5) is 22.7. The van der Waals surface area contributed by atoms with Crippen LogP contribution in [0.1, 0.15) is 19.8 Å². The van der Waals surface area contributed by atoms with E-state index in [1.165, 1.54) is 6.07 Å². The molecule has 0 aliphatic heterocycles. The Hall–Kier alpha value is -1.14. The second-order valence-electron chi connectivity index (χ2n) is 3.60. The van der Waals surface area contributed by atoms with E-state index in [0.29, 0.717) is 4.47 Å². The van der Waals surface area contributed by atoms with Crippen LogP contribution < -0.4 is 5.32 Å². The highest BCUT2D eigenvalue weighted by molar-refractivity contribution is 9.10. The van der Waals surface area contributed by atoms with E-state index in [4.69, 9.17) is 16.3 Å². The number of esters is 1. The molecule has 0 unspecified atom stereocenters. The Morgan fingerprint density at radius 2 is 2.11 bits per heavy atom. The van der Waals surface area contributed by atoms with Gasteiger partial charge < -0.3 is 10.1 Å². The molecule has 1 aromatic rings. The Balaban J connectivity index is 2.60. The summed E-state index contributed by atoms with van der Waals surface area (Å²) in [5, 5.41) is 2.59. The van der Waals surface area contributed by atoms with Crippen LogP contribution in [0.5, 0.6) is 0 Å². The molecule has 0 spiro atoms. The first-order valence-electron chi connectivity index (χ1n) is 5.54. The van der Waals surface area contributed by atoms with Gasteiger partial charge in [-0.05, 0) is 35.0 Å². The fraction of sp³-hybridized carbons (Fsp3) is 0.333. The lowest BCUT2D eigenvalue weighted by molar-refractivity contribution is -0.144. The summed E-state index contributed by atoms with van der Waals surface area (Å²) >= 11 is 8.92. The fourth-order valence-electron chi connectivity index (χ4n) is 1.31. The normalized spacial score (nSPS) is 10.1. The second kappa shape index (κ2) is 7.45. The van der Waals surface area contributed by atoms with Gasteiger partial charge in [0.2, 0.25) is 5.91 Å². The van der Waals surface area contributed by atoms with Crippen LogP contribution in [-0.2, 0) is 14.3 Å². The molecule has 0 aromatic heterocycles. The molecule has 0 saturated carbocycles. The van der Waals surface area contributed by atoms with Gasteiger partial charge in [-0.2, -0.15) is 0 Å². The number of hydrogen-bond donors (Lipinski definition) is 1. The maximum absolute atomic E-state index is 13.0. The first-order valence-corrected chi connectivity index (χ1v) is 6.71. The summed E-state index contributed by atoms with van der Waals surface area (Å²) < 4.78 is 18.0. The van der Waals surface area contributed by atoms with Gasteiger partial charge >= 0.3 is 5.97 Å². The minimum Gasteiger partial charge on any atom is -0.466 e. The van der Waals surface area contributed by atoms with Crippen LogP contribution in [0.15, 0.2) is 16.6 Å². The van der Waals surface area contributed by atoms with Gasteiger partial charge in [0.1, 0.15) is 5.82 Å². The van der Waals surface area contributed by atoms with Crippen molar-refractivity contribution in [2.24, 2.45) is 0 Å². The largest absolute Gasteiger partial charge is 0.466 e. The predicted molar refractivity (Wildman–Crippen MR) is 73.6 cm³/mol. The van der Waals surface area contributed by atoms with E-state index in [0.717, 1.165) is 6.07 Å². The molecule has 1 amide bonds. The maximum atomic E-state index is 13.0. The van der Waals surface area contributed by atoms with Crippen LogP contribution in [0.2, 0.25) is 5.02 Å². The molecule has 0 saturated heterocycles. The van der Waals surface area contributed by atoms with Crippen LogP contribution in [0, 0.1) is 5.82 Å². The molecular weight excluding hydrogens is 340 g/mol. The van der Waals surface area contributed by atoms with Gasteiger partial charge in [0.25, 0.3) is 0 Å². The van der Waals surface area contributed by atoms with E-state index < -0.39 is 17.7 Å². The second-order valence-corrected chi connectivity index (χ2v) is 4.86. The van der Waals surface area contributed by atoms with Crippen LogP contribution in [0.3, 0.4) is 0 Å². The molecule has 0 bridgehead atoms. The number of amides is 1. The number of benzene rings is 1. The third-order valence-electron chi connectivity index (χ3n) is 2.13. The lowest BCUT2D eigenvalue weighted by atomic mass is 10.2. The van der Waals surface area contributed by atoms with E-state index in [1.807, 2.05) is 0 Å². The van der Waals surface area contributed by atoms with Crippen LogP contribution >= 0.6 is 27.5 Å². The Kier molecular flexibility index (Phi) is 6.24. The quantitative estimate of drug-likeness (QED) is 0.825. The highest BCUT2D eigenvalue weighted by Gasteiger charge is 2.13. The Morgan fingerprint density at radius 1 is 1.42 bits per heavy atom. The molecule has 104 valence electrons. The summed E-state index contributed by atoms with van der Waals surface area (Å²) in [7, 11) is 0. The molecule has 0 fully saturated rings. The predicted octanol–water partition coefficient (Wildman–Crippen LogP) is 3.52. The first-order chi connectivity index (χ1) is 8.93. The number of carbonyl (C=O) groups excluding carboxylic acids is 2. The summed E-state index contributed by atoms with van der Waals surface area (Å²) in [6, 6.07) is 2.28. The smallest absolute Gasteiger partial charge is 0.306 e. The van der Waals surface area contributed by atoms with Crippen molar-refractivity contribution < 1.29 is 18.7 Å². The zero-order chi connectivity index (χ0) is 14.4. The minimum atomic E-state index is -0.513. The van der Waals surface area contributed by atoms with Gasteiger partial charge in [-0.15, -0.1) is 0 Å². The average molecular weight is 353 g/mol. The molecule has 0 aliphatic carbocycles. The van der Waals surface area contributed by atoms with Crippen molar-refractivity contribution in [2.75, 3.05) is 11.9 Å². The minimum absolute atomic E-state index is 0.0178. The van der Waals surface area contributed by atoms with E-state index in [-0.39, 0.29) is 30.2 Å². The standard InChI is InChI=1S/C12H12BrClFNO3/c1-2-19-11(18)4-3-10(17)16-12-8(13)5-7(15)6-9(12)14/h5-6H,2-4H2,1H3,(H,16,17). The van der Waals surface area contributed by atoms with Gasteiger partial charge in [0, 0.05) is 10.9 Å². The zero-order valence-electron chi connectivity index (χ0n) is 10.1. The number of anilines is 1. The van der Waals surface area contributed by atoms with E-state index in [1.54, 1.807) is 6.92 Å². The number of rotatable bonds is 5. The van der Waals surface area contributed by atoms with Crippen molar-refractivity contribution in [3.05, 3.63) is 27.4 Å². The Morgan fingerprint density at radius 3 is 2.68 bits per heavy atom. The van der Waals surface area contributed by atoms with Crippen LogP contribution in [0.4, 0.5) is 10.1 Å². The molecular formula is C12H12BrClFNO3. The number of halogens is 3. The van der Waals surface area contributed by atoms with Crippen molar-refractivity contribution in [3.8, 4) is 0 Å².